The molecule has 118 valence electrons. The van der Waals surface area contributed by atoms with E-state index in [0.29, 0.717) is 24.3 Å². The van der Waals surface area contributed by atoms with Crippen molar-refractivity contribution >= 4 is 5.91 Å². The highest BCUT2D eigenvalue weighted by molar-refractivity contribution is 5.76. The second-order valence-corrected chi connectivity index (χ2v) is 6.50. The summed E-state index contributed by atoms with van der Waals surface area (Å²) in [5.74, 6) is 1.53. The molecule has 3 nitrogen and oxygen atoms in total. The molecule has 1 amide bonds. The minimum absolute atomic E-state index is 0.234. The monoisotopic (exact) mass is 282 g/mol. The first-order valence-electron chi connectivity index (χ1n) is 8.66. The molecule has 0 radical (unpaired) electrons. The molecule has 1 saturated carbocycles. The summed E-state index contributed by atoms with van der Waals surface area (Å²) >= 11 is 0. The van der Waals surface area contributed by atoms with Crippen molar-refractivity contribution in [2.45, 2.75) is 84.1 Å². The SMILES string of the molecule is CCC(CCN)CCC(=O)N[C@@H](C)C1CCCCCC1. The number of nitrogens with one attached hydrogen (secondary N) is 1. The van der Waals surface area contributed by atoms with Crippen LogP contribution in [0, 0.1) is 11.8 Å². The molecule has 1 aliphatic carbocycles. The van der Waals surface area contributed by atoms with Crippen molar-refractivity contribution in [2.75, 3.05) is 6.54 Å². The maximum Gasteiger partial charge on any atom is 0.220 e. The van der Waals surface area contributed by atoms with Crippen molar-refractivity contribution in [1.29, 1.82) is 0 Å². The lowest BCUT2D eigenvalue weighted by Gasteiger charge is -2.24. The summed E-state index contributed by atoms with van der Waals surface area (Å²) in [4.78, 5) is 12.1. The highest BCUT2D eigenvalue weighted by Gasteiger charge is 2.20. The predicted octanol–water partition coefficient (Wildman–Crippen LogP) is 3.62. The molecule has 3 N–H and O–H groups in total. The van der Waals surface area contributed by atoms with E-state index in [9.17, 15) is 4.79 Å². The molecule has 1 aliphatic rings. The maximum absolute atomic E-state index is 12.1. The van der Waals surface area contributed by atoms with Crippen LogP contribution in [0.1, 0.15) is 78.1 Å². The van der Waals surface area contributed by atoms with Gasteiger partial charge in [0.05, 0.1) is 0 Å². The van der Waals surface area contributed by atoms with Crippen LogP contribution >= 0.6 is 0 Å². The number of nitrogens with two attached hydrogens (primary N) is 1. The normalized spacial score (nSPS) is 20.1. The first kappa shape index (κ1) is 17.5. The van der Waals surface area contributed by atoms with Gasteiger partial charge in [-0.05, 0) is 51.0 Å². The van der Waals surface area contributed by atoms with Gasteiger partial charge < -0.3 is 11.1 Å². The van der Waals surface area contributed by atoms with Crippen LogP contribution in [0.4, 0.5) is 0 Å². The van der Waals surface area contributed by atoms with Crippen LogP contribution in [0.25, 0.3) is 0 Å². The fraction of sp³-hybridized carbons (Fsp3) is 0.941. The Labute approximate surface area is 125 Å². The van der Waals surface area contributed by atoms with Crippen molar-refractivity contribution in [2.24, 2.45) is 17.6 Å². The van der Waals surface area contributed by atoms with Gasteiger partial charge in [0.15, 0.2) is 0 Å². The minimum atomic E-state index is 0.234. The third-order valence-corrected chi connectivity index (χ3v) is 4.93. The maximum atomic E-state index is 12.1. The lowest BCUT2D eigenvalue weighted by atomic mass is 9.92. The quantitative estimate of drug-likeness (QED) is 0.668. The van der Waals surface area contributed by atoms with Crippen molar-refractivity contribution in [1.82, 2.24) is 5.32 Å². The van der Waals surface area contributed by atoms with Crippen LogP contribution in [0.5, 0.6) is 0 Å². The molecule has 0 aromatic heterocycles. The number of amides is 1. The van der Waals surface area contributed by atoms with Crippen molar-refractivity contribution < 1.29 is 4.79 Å². The number of rotatable bonds is 8. The summed E-state index contributed by atoms with van der Waals surface area (Å²) in [5, 5.41) is 3.23. The topological polar surface area (TPSA) is 55.1 Å². The molecule has 0 aliphatic heterocycles. The van der Waals surface area contributed by atoms with E-state index in [0.717, 1.165) is 25.8 Å². The molecule has 0 spiro atoms. The van der Waals surface area contributed by atoms with Crippen LogP contribution in [0.15, 0.2) is 0 Å². The minimum Gasteiger partial charge on any atom is -0.353 e. The fourth-order valence-corrected chi connectivity index (χ4v) is 3.38. The van der Waals surface area contributed by atoms with Gasteiger partial charge in [0.2, 0.25) is 5.91 Å². The zero-order valence-corrected chi connectivity index (χ0v) is 13.5. The van der Waals surface area contributed by atoms with Crippen LogP contribution < -0.4 is 11.1 Å². The second-order valence-electron chi connectivity index (χ2n) is 6.50. The average molecular weight is 282 g/mol. The highest BCUT2D eigenvalue weighted by atomic mass is 16.1. The largest absolute Gasteiger partial charge is 0.353 e. The number of carbonyl (C=O) groups is 1. The Morgan fingerprint density at radius 3 is 2.40 bits per heavy atom. The molecule has 2 atom stereocenters. The Kier molecular flexibility index (Phi) is 8.92. The van der Waals surface area contributed by atoms with Gasteiger partial charge in [-0.15, -0.1) is 0 Å². The van der Waals surface area contributed by atoms with Crippen LogP contribution in [0.2, 0.25) is 0 Å². The standard InChI is InChI=1S/C17H34N2O/c1-3-15(12-13-18)10-11-17(20)19-14(2)16-8-6-4-5-7-9-16/h14-16H,3-13,18H2,1-2H3,(H,19,20)/t14-,15?/m0/s1. The van der Waals surface area contributed by atoms with Crippen molar-refractivity contribution in [3.05, 3.63) is 0 Å². The zero-order valence-electron chi connectivity index (χ0n) is 13.5. The number of hydrogen-bond acceptors (Lipinski definition) is 2. The van der Waals surface area contributed by atoms with Gasteiger partial charge >= 0.3 is 0 Å². The summed E-state index contributed by atoms with van der Waals surface area (Å²) in [5.41, 5.74) is 5.60. The summed E-state index contributed by atoms with van der Waals surface area (Å²) < 4.78 is 0. The van der Waals surface area contributed by atoms with Crippen LogP contribution in [0.3, 0.4) is 0 Å². The van der Waals surface area contributed by atoms with Crippen molar-refractivity contribution in [3.63, 3.8) is 0 Å². The molecular weight excluding hydrogens is 248 g/mol. The highest BCUT2D eigenvalue weighted by Crippen LogP contribution is 2.25. The van der Waals surface area contributed by atoms with Crippen LogP contribution in [-0.4, -0.2) is 18.5 Å². The van der Waals surface area contributed by atoms with Gasteiger partial charge in [0.25, 0.3) is 0 Å². The summed E-state index contributed by atoms with van der Waals surface area (Å²) in [6.45, 7) is 5.11. The molecule has 1 rings (SSSR count). The summed E-state index contributed by atoms with van der Waals surface area (Å²) in [7, 11) is 0. The van der Waals surface area contributed by atoms with Crippen molar-refractivity contribution in [3.8, 4) is 0 Å². The van der Waals surface area contributed by atoms with Gasteiger partial charge in [-0.25, -0.2) is 0 Å². The average Bonchev–Trinajstić information content (AvgIpc) is 2.72. The van der Waals surface area contributed by atoms with E-state index in [1.54, 1.807) is 0 Å². The Bertz CT molecular complexity index is 260. The van der Waals surface area contributed by atoms with E-state index in [2.05, 4.69) is 19.2 Å². The number of carbonyl (C=O) groups excluding carboxylic acids is 1. The second kappa shape index (κ2) is 10.2. The van der Waals surface area contributed by atoms with E-state index in [-0.39, 0.29) is 5.91 Å². The lowest BCUT2D eigenvalue weighted by Crippen LogP contribution is -2.38. The zero-order chi connectivity index (χ0) is 14.8. The first-order valence-corrected chi connectivity index (χ1v) is 8.66. The molecule has 20 heavy (non-hydrogen) atoms. The Morgan fingerprint density at radius 1 is 1.20 bits per heavy atom. The molecule has 1 fully saturated rings. The molecule has 1 unspecified atom stereocenters. The van der Waals surface area contributed by atoms with Gasteiger partial charge in [0.1, 0.15) is 0 Å². The lowest BCUT2D eigenvalue weighted by molar-refractivity contribution is -0.122. The fourth-order valence-electron chi connectivity index (χ4n) is 3.38. The third kappa shape index (κ3) is 6.74. The van der Waals surface area contributed by atoms with E-state index < -0.39 is 0 Å². The van der Waals surface area contributed by atoms with Gasteiger partial charge in [0, 0.05) is 12.5 Å². The molecule has 0 saturated heterocycles. The van der Waals surface area contributed by atoms with E-state index in [4.69, 9.17) is 5.73 Å². The van der Waals surface area contributed by atoms with E-state index in [1.807, 2.05) is 0 Å². The number of hydrogen-bond donors (Lipinski definition) is 2. The summed E-state index contributed by atoms with van der Waals surface area (Å²) in [6.07, 6.45) is 11.8. The van der Waals surface area contributed by atoms with Crippen LogP contribution in [-0.2, 0) is 4.79 Å². The summed E-state index contributed by atoms with van der Waals surface area (Å²) in [6, 6.07) is 0.343. The molecule has 3 heteroatoms. The smallest absolute Gasteiger partial charge is 0.220 e. The Morgan fingerprint density at radius 2 is 1.85 bits per heavy atom. The van der Waals surface area contributed by atoms with Gasteiger partial charge in [-0.1, -0.05) is 39.0 Å². The Balaban J connectivity index is 2.26. The Hall–Kier alpha value is -0.570. The molecule has 0 bridgehead atoms. The van der Waals surface area contributed by atoms with Gasteiger partial charge in [-0.3, -0.25) is 4.79 Å². The molecule has 0 aromatic rings. The molecule has 0 heterocycles. The molecular formula is C17H34N2O. The molecule has 0 aromatic carbocycles. The van der Waals surface area contributed by atoms with E-state index in [1.165, 1.54) is 38.5 Å². The van der Waals surface area contributed by atoms with Gasteiger partial charge in [-0.2, -0.15) is 0 Å². The predicted molar refractivity (Wildman–Crippen MR) is 85.5 cm³/mol. The third-order valence-electron chi connectivity index (χ3n) is 4.93. The van der Waals surface area contributed by atoms with E-state index >= 15 is 0 Å². The first-order chi connectivity index (χ1) is 9.67.